The minimum atomic E-state index is 0.490. The van der Waals surface area contributed by atoms with Crippen LogP contribution >= 0.6 is 23.5 Å². The molecule has 0 spiro atoms. The Morgan fingerprint density at radius 2 is 1.17 bits per heavy atom. The van der Waals surface area contributed by atoms with Gasteiger partial charge < -0.3 is 5.32 Å². The summed E-state index contributed by atoms with van der Waals surface area (Å²) in [6.07, 6.45) is 6.35. The Bertz CT molecular complexity index is 1250. The maximum Gasteiger partial charge on any atom is 0.0691 e. The molecule has 224 valence electrons. The number of allylic oxidation sites excluding steroid dienone is 2. The predicted octanol–water partition coefficient (Wildman–Crippen LogP) is 11.6. The van der Waals surface area contributed by atoms with Crippen molar-refractivity contribution >= 4 is 40.6 Å². The second-order valence-electron chi connectivity index (χ2n) is 10.5. The molecule has 3 nitrogen and oxygen atoms in total. The largest absolute Gasteiger partial charge is 0.359 e. The molecule has 2 unspecified atom stereocenters. The Labute approximate surface area is 260 Å². The minimum absolute atomic E-state index is 0.490. The number of rotatable bonds is 8. The molecule has 2 atom stereocenters. The third-order valence-corrected chi connectivity index (χ3v) is 8.58. The van der Waals surface area contributed by atoms with E-state index in [4.69, 9.17) is 4.99 Å². The molecule has 1 aromatic heterocycles. The maximum absolute atomic E-state index is 4.84. The maximum atomic E-state index is 4.84. The summed E-state index contributed by atoms with van der Waals surface area (Å²) in [5.41, 5.74) is 14.3. The van der Waals surface area contributed by atoms with Crippen LogP contribution in [0, 0.1) is 41.5 Å². The average molecular weight is 592 g/mol. The molecule has 0 bridgehead atoms. The topological polar surface area (TPSA) is 37.3 Å². The van der Waals surface area contributed by atoms with Crippen molar-refractivity contribution in [2.75, 3.05) is 17.8 Å². The van der Waals surface area contributed by atoms with Gasteiger partial charge in [-0.25, -0.2) is 0 Å². The van der Waals surface area contributed by atoms with Crippen LogP contribution in [-0.4, -0.2) is 23.2 Å². The van der Waals surface area contributed by atoms with Crippen molar-refractivity contribution < 1.29 is 0 Å². The van der Waals surface area contributed by atoms with E-state index in [-0.39, 0.29) is 0 Å². The van der Waals surface area contributed by atoms with E-state index in [0.717, 1.165) is 17.1 Å². The summed E-state index contributed by atoms with van der Waals surface area (Å²) in [6.45, 7) is 25.3. The summed E-state index contributed by atoms with van der Waals surface area (Å²) < 4.78 is 0. The van der Waals surface area contributed by atoms with Gasteiger partial charge in [-0.3, -0.25) is 9.98 Å². The van der Waals surface area contributed by atoms with E-state index < -0.39 is 0 Å². The number of aryl methyl sites for hydroxylation is 6. The smallest absolute Gasteiger partial charge is 0.0691 e. The molecule has 0 saturated heterocycles. The van der Waals surface area contributed by atoms with Crippen molar-refractivity contribution in [2.45, 2.75) is 93.6 Å². The van der Waals surface area contributed by atoms with Crippen LogP contribution in [0.5, 0.6) is 0 Å². The summed E-state index contributed by atoms with van der Waals surface area (Å²) in [5, 5.41) is 4.52. The SMILES string of the molecule is CC.CC(/C=C(/C)Nc1c(C)cc(C)cc1C)=Nc1c(C)cc(C)cc1C.CSC(C)c1cccc(C(C)SC)n1. The molecule has 0 aliphatic carbocycles. The van der Waals surface area contributed by atoms with Crippen LogP contribution in [-0.2, 0) is 0 Å². The van der Waals surface area contributed by atoms with Gasteiger partial charge in [0.1, 0.15) is 0 Å². The predicted molar refractivity (Wildman–Crippen MR) is 191 cm³/mol. The van der Waals surface area contributed by atoms with Gasteiger partial charge in [-0.1, -0.05) is 55.3 Å². The van der Waals surface area contributed by atoms with E-state index in [0.29, 0.717) is 10.5 Å². The van der Waals surface area contributed by atoms with Gasteiger partial charge in [0.25, 0.3) is 0 Å². The fraction of sp³-hybridized carbons (Fsp3) is 0.444. The van der Waals surface area contributed by atoms with Crippen molar-refractivity contribution in [1.29, 1.82) is 0 Å². The van der Waals surface area contributed by atoms with E-state index in [1.54, 1.807) is 0 Å². The van der Waals surface area contributed by atoms with E-state index >= 15 is 0 Å². The van der Waals surface area contributed by atoms with Gasteiger partial charge in [-0.05, 0) is 122 Å². The summed E-state index contributed by atoms with van der Waals surface area (Å²) >= 11 is 3.67. The van der Waals surface area contributed by atoms with Crippen LogP contribution < -0.4 is 5.32 Å². The number of nitrogens with zero attached hydrogens (tertiary/aromatic N) is 2. The Hall–Kier alpha value is -2.50. The molecule has 0 radical (unpaired) electrons. The van der Waals surface area contributed by atoms with E-state index in [2.05, 4.69) is 141 Å². The number of benzene rings is 2. The lowest BCUT2D eigenvalue weighted by molar-refractivity contribution is 0.931. The summed E-state index contributed by atoms with van der Waals surface area (Å²) in [7, 11) is 0. The van der Waals surface area contributed by atoms with Crippen LogP contribution in [0.2, 0.25) is 0 Å². The first kappa shape index (κ1) is 36.5. The van der Waals surface area contributed by atoms with Crippen LogP contribution in [0.1, 0.15) is 96.8 Å². The number of thioether (sulfide) groups is 2. The lowest BCUT2D eigenvalue weighted by Gasteiger charge is -2.14. The number of hydrogen-bond acceptors (Lipinski definition) is 5. The molecule has 1 heterocycles. The first-order valence-electron chi connectivity index (χ1n) is 14.5. The van der Waals surface area contributed by atoms with E-state index in [9.17, 15) is 0 Å². The number of aromatic nitrogens is 1. The number of anilines is 1. The summed E-state index contributed by atoms with van der Waals surface area (Å²) in [5.74, 6) is 0. The van der Waals surface area contributed by atoms with E-state index in [1.165, 1.54) is 50.5 Å². The normalized spacial score (nSPS) is 12.9. The molecule has 0 aliphatic rings. The van der Waals surface area contributed by atoms with Crippen LogP contribution in [0.25, 0.3) is 0 Å². The fourth-order valence-corrected chi connectivity index (χ4v) is 5.39. The second kappa shape index (κ2) is 18.1. The van der Waals surface area contributed by atoms with Crippen molar-refractivity contribution in [1.82, 2.24) is 4.98 Å². The molecule has 0 fully saturated rings. The molecule has 0 aliphatic heterocycles. The average Bonchev–Trinajstić information content (AvgIpc) is 2.93. The van der Waals surface area contributed by atoms with Gasteiger partial charge in [0.2, 0.25) is 0 Å². The summed E-state index contributed by atoms with van der Waals surface area (Å²) in [4.78, 5) is 9.51. The Balaban J connectivity index is 0.000000445. The lowest BCUT2D eigenvalue weighted by atomic mass is 10.0. The van der Waals surface area contributed by atoms with Gasteiger partial charge in [0.05, 0.1) is 17.1 Å². The second-order valence-corrected chi connectivity index (χ2v) is 12.8. The highest BCUT2D eigenvalue weighted by Gasteiger charge is 2.09. The third kappa shape index (κ3) is 11.7. The Kier molecular flexibility index (Phi) is 16.1. The number of pyridine rings is 1. The first-order chi connectivity index (χ1) is 19.4. The number of hydrogen-bond donors (Lipinski definition) is 1. The standard InChI is InChI=1S/C23H30N2.C11H17NS2.C2H6/c1-14-9-16(3)22(17(4)10-14)24-20(7)13-21(8)25-23-18(5)11-15(2)12-19(23)6;1-8(13-3)10-6-5-7-11(12-10)9(2)14-4;1-2/h9-13,24H,1-8H3;5-9H,1-4H3;1-2H3/b20-13-,25-21?;;. The van der Waals surface area contributed by atoms with Gasteiger partial charge in [0, 0.05) is 27.6 Å². The van der Waals surface area contributed by atoms with Crippen LogP contribution in [0.15, 0.2) is 59.2 Å². The fourth-order valence-electron chi connectivity index (χ4n) is 4.64. The molecular weight excluding hydrogens is 539 g/mol. The zero-order valence-electron chi connectivity index (χ0n) is 28.0. The molecule has 2 aromatic carbocycles. The molecule has 41 heavy (non-hydrogen) atoms. The highest BCUT2D eigenvalue weighted by atomic mass is 32.2. The molecule has 3 rings (SSSR count). The first-order valence-corrected chi connectivity index (χ1v) is 17.1. The van der Waals surface area contributed by atoms with Gasteiger partial charge in [-0.2, -0.15) is 23.5 Å². The van der Waals surface area contributed by atoms with Crippen LogP contribution in [0.4, 0.5) is 11.4 Å². The Morgan fingerprint density at radius 1 is 0.756 bits per heavy atom. The third-order valence-electron chi connectivity index (χ3n) is 6.68. The monoisotopic (exact) mass is 591 g/mol. The van der Waals surface area contributed by atoms with Crippen molar-refractivity contribution in [3.63, 3.8) is 0 Å². The zero-order valence-corrected chi connectivity index (χ0v) is 29.6. The van der Waals surface area contributed by atoms with Crippen molar-refractivity contribution in [3.05, 3.63) is 99.0 Å². The quantitative estimate of drug-likeness (QED) is 0.264. The molecule has 0 amide bonds. The highest BCUT2D eigenvalue weighted by molar-refractivity contribution is 7.99. The molecule has 5 heteroatoms. The highest BCUT2D eigenvalue weighted by Crippen LogP contribution is 2.29. The van der Waals surface area contributed by atoms with Gasteiger partial charge in [0.15, 0.2) is 0 Å². The molecule has 3 aromatic rings. The Morgan fingerprint density at radius 3 is 1.59 bits per heavy atom. The number of nitrogens with one attached hydrogen (secondary N) is 1. The van der Waals surface area contributed by atoms with Gasteiger partial charge >= 0.3 is 0 Å². The summed E-state index contributed by atoms with van der Waals surface area (Å²) in [6, 6.07) is 15.1. The minimum Gasteiger partial charge on any atom is -0.359 e. The molecule has 0 saturated carbocycles. The van der Waals surface area contributed by atoms with E-state index in [1.807, 2.05) is 37.4 Å². The molecule has 1 N–H and O–H groups in total. The van der Waals surface area contributed by atoms with Crippen molar-refractivity contribution in [2.24, 2.45) is 4.99 Å². The van der Waals surface area contributed by atoms with Crippen LogP contribution in [0.3, 0.4) is 0 Å². The molecular formula is C36H53N3S2. The number of aliphatic imine (C=N–C) groups is 1. The zero-order chi connectivity index (χ0) is 31.3. The van der Waals surface area contributed by atoms with Crippen molar-refractivity contribution in [3.8, 4) is 0 Å². The van der Waals surface area contributed by atoms with Gasteiger partial charge in [-0.15, -0.1) is 0 Å². The lowest BCUT2D eigenvalue weighted by Crippen LogP contribution is -2.02.